The van der Waals surface area contributed by atoms with E-state index in [1.165, 1.54) is 0 Å². The van der Waals surface area contributed by atoms with E-state index in [1.807, 2.05) is 49.1 Å². The van der Waals surface area contributed by atoms with Crippen molar-refractivity contribution in [1.29, 1.82) is 0 Å². The highest BCUT2D eigenvalue weighted by Gasteiger charge is 2.28. The van der Waals surface area contributed by atoms with Crippen LogP contribution < -0.4 is 4.74 Å². The summed E-state index contributed by atoms with van der Waals surface area (Å²) >= 11 is 0. The van der Waals surface area contributed by atoms with Crippen molar-refractivity contribution in [1.82, 2.24) is 15.1 Å². The van der Waals surface area contributed by atoms with E-state index in [4.69, 9.17) is 4.74 Å². The minimum absolute atomic E-state index is 0.0814. The Labute approximate surface area is 130 Å². The third kappa shape index (κ3) is 3.13. The standard InChI is InChI=1S/C17H21N3O2/c1-12-16(13(2)19-18-12)10-17(21)20-9-8-15(11-20)22-14-6-4-3-5-7-14/h3-7,15H,8-11H2,1-2H3,(H,18,19)/t15-/m1/s1. The molecule has 1 aliphatic rings. The first-order valence-electron chi connectivity index (χ1n) is 7.63. The van der Waals surface area contributed by atoms with Gasteiger partial charge in [0.15, 0.2) is 0 Å². The highest BCUT2D eigenvalue weighted by molar-refractivity contribution is 5.79. The Bertz CT molecular complexity index is 632. The second-order valence-corrected chi connectivity index (χ2v) is 5.77. The molecule has 5 heteroatoms. The first-order chi connectivity index (χ1) is 10.6. The molecule has 3 rings (SSSR count). The number of carbonyl (C=O) groups is 1. The minimum atomic E-state index is 0.0814. The van der Waals surface area contributed by atoms with Gasteiger partial charge in [-0.1, -0.05) is 18.2 Å². The van der Waals surface area contributed by atoms with Crippen LogP contribution in [0.5, 0.6) is 5.75 Å². The van der Waals surface area contributed by atoms with Gasteiger partial charge >= 0.3 is 0 Å². The number of carbonyl (C=O) groups excluding carboxylic acids is 1. The fourth-order valence-corrected chi connectivity index (χ4v) is 2.84. The molecule has 0 unspecified atom stereocenters. The summed E-state index contributed by atoms with van der Waals surface area (Å²) in [6.07, 6.45) is 1.37. The van der Waals surface area contributed by atoms with Crippen LogP contribution in [0.25, 0.3) is 0 Å². The van der Waals surface area contributed by atoms with E-state index >= 15 is 0 Å². The normalized spacial score (nSPS) is 17.7. The number of para-hydroxylation sites is 1. The molecule has 116 valence electrons. The van der Waals surface area contributed by atoms with Gasteiger partial charge in [0.2, 0.25) is 5.91 Å². The van der Waals surface area contributed by atoms with Crippen molar-refractivity contribution in [2.45, 2.75) is 32.8 Å². The van der Waals surface area contributed by atoms with Crippen molar-refractivity contribution in [2.75, 3.05) is 13.1 Å². The maximum absolute atomic E-state index is 12.4. The van der Waals surface area contributed by atoms with E-state index in [0.717, 1.165) is 35.7 Å². The fourth-order valence-electron chi connectivity index (χ4n) is 2.84. The van der Waals surface area contributed by atoms with Gasteiger partial charge in [-0.15, -0.1) is 0 Å². The molecule has 1 aromatic carbocycles. The summed E-state index contributed by atoms with van der Waals surface area (Å²) in [7, 11) is 0. The number of benzene rings is 1. The number of amides is 1. The predicted molar refractivity (Wildman–Crippen MR) is 83.8 cm³/mol. The number of aromatic nitrogens is 2. The summed E-state index contributed by atoms with van der Waals surface area (Å²) in [4.78, 5) is 14.3. The maximum Gasteiger partial charge on any atom is 0.227 e. The summed E-state index contributed by atoms with van der Waals surface area (Å²) < 4.78 is 5.93. The first-order valence-corrected chi connectivity index (χ1v) is 7.63. The Kier molecular flexibility index (Phi) is 4.13. The second-order valence-electron chi connectivity index (χ2n) is 5.77. The summed E-state index contributed by atoms with van der Waals surface area (Å²) in [6.45, 7) is 5.29. The van der Waals surface area contributed by atoms with Gasteiger partial charge in [0, 0.05) is 24.2 Å². The lowest BCUT2D eigenvalue weighted by Gasteiger charge is -2.17. The lowest BCUT2D eigenvalue weighted by atomic mass is 10.1. The largest absolute Gasteiger partial charge is 0.489 e. The Morgan fingerprint density at radius 2 is 2.14 bits per heavy atom. The lowest BCUT2D eigenvalue weighted by molar-refractivity contribution is -0.129. The van der Waals surface area contributed by atoms with Crippen LogP contribution in [-0.2, 0) is 11.2 Å². The lowest BCUT2D eigenvalue weighted by Crippen LogP contribution is -2.32. The zero-order valence-electron chi connectivity index (χ0n) is 13.0. The number of nitrogens with one attached hydrogen (secondary N) is 1. The van der Waals surface area contributed by atoms with E-state index in [0.29, 0.717) is 13.0 Å². The number of aryl methyl sites for hydroxylation is 2. The van der Waals surface area contributed by atoms with E-state index < -0.39 is 0 Å². The molecule has 0 aliphatic carbocycles. The average Bonchev–Trinajstić information content (AvgIpc) is 3.10. The van der Waals surface area contributed by atoms with Crippen LogP contribution in [0.15, 0.2) is 30.3 Å². The summed E-state index contributed by atoms with van der Waals surface area (Å²) in [5, 5.41) is 7.08. The number of hydrogen-bond acceptors (Lipinski definition) is 3. The van der Waals surface area contributed by atoms with Crippen LogP contribution in [-0.4, -0.2) is 40.2 Å². The molecule has 0 bridgehead atoms. The molecule has 1 N–H and O–H groups in total. The molecule has 1 atom stereocenters. The third-order valence-electron chi connectivity index (χ3n) is 4.15. The van der Waals surface area contributed by atoms with E-state index in [2.05, 4.69) is 10.2 Å². The first kappa shape index (κ1) is 14.6. The van der Waals surface area contributed by atoms with Crippen LogP contribution >= 0.6 is 0 Å². The van der Waals surface area contributed by atoms with Crippen LogP contribution in [0.4, 0.5) is 0 Å². The highest BCUT2D eigenvalue weighted by atomic mass is 16.5. The van der Waals surface area contributed by atoms with Gasteiger partial charge < -0.3 is 9.64 Å². The highest BCUT2D eigenvalue weighted by Crippen LogP contribution is 2.19. The van der Waals surface area contributed by atoms with Crippen molar-refractivity contribution < 1.29 is 9.53 Å². The molecule has 1 amide bonds. The number of H-pyrrole nitrogens is 1. The fraction of sp³-hybridized carbons (Fsp3) is 0.412. The Morgan fingerprint density at radius 1 is 1.36 bits per heavy atom. The van der Waals surface area contributed by atoms with Crippen LogP contribution in [0.2, 0.25) is 0 Å². The zero-order chi connectivity index (χ0) is 15.5. The molecule has 22 heavy (non-hydrogen) atoms. The van der Waals surface area contributed by atoms with Crippen molar-refractivity contribution >= 4 is 5.91 Å². The maximum atomic E-state index is 12.4. The number of ether oxygens (including phenoxy) is 1. The average molecular weight is 299 g/mol. The van der Waals surface area contributed by atoms with Gasteiger partial charge in [-0.05, 0) is 26.0 Å². The van der Waals surface area contributed by atoms with Crippen LogP contribution in [0, 0.1) is 13.8 Å². The molecular formula is C17H21N3O2. The van der Waals surface area contributed by atoms with Crippen LogP contribution in [0.3, 0.4) is 0 Å². The Morgan fingerprint density at radius 3 is 2.82 bits per heavy atom. The number of nitrogens with zero attached hydrogens (tertiary/aromatic N) is 2. The molecule has 1 fully saturated rings. The van der Waals surface area contributed by atoms with Crippen molar-refractivity contribution in [2.24, 2.45) is 0 Å². The van der Waals surface area contributed by atoms with E-state index in [-0.39, 0.29) is 12.0 Å². The topological polar surface area (TPSA) is 58.2 Å². The number of aromatic amines is 1. The molecule has 0 saturated carbocycles. The molecule has 1 aliphatic heterocycles. The molecule has 5 nitrogen and oxygen atoms in total. The molecule has 0 radical (unpaired) electrons. The predicted octanol–water partition coefficient (Wildman–Crippen LogP) is 2.25. The summed E-state index contributed by atoms with van der Waals surface area (Å²) in [5.41, 5.74) is 2.89. The smallest absolute Gasteiger partial charge is 0.227 e. The molecule has 1 saturated heterocycles. The second kappa shape index (κ2) is 6.22. The quantitative estimate of drug-likeness (QED) is 0.942. The SMILES string of the molecule is Cc1n[nH]c(C)c1CC(=O)N1CC[C@@H](Oc2ccccc2)C1. The molecule has 1 aromatic heterocycles. The number of rotatable bonds is 4. The Balaban J connectivity index is 1.57. The van der Waals surface area contributed by atoms with Crippen molar-refractivity contribution in [3.05, 3.63) is 47.3 Å². The van der Waals surface area contributed by atoms with Crippen molar-refractivity contribution in [3.8, 4) is 5.75 Å². The Hall–Kier alpha value is -2.30. The van der Waals surface area contributed by atoms with Crippen molar-refractivity contribution in [3.63, 3.8) is 0 Å². The van der Waals surface area contributed by atoms with Crippen LogP contribution in [0.1, 0.15) is 23.4 Å². The monoisotopic (exact) mass is 299 g/mol. The number of likely N-dealkylation sites (tertiary alicyclic amines) is 1. The molecule has 0 spiro atoms. The van der Waals surface area contributed by atoms with E-state index in [9.17, 15) is 4.79 Å². The van der Waals surface area contributed by atoms with Gasteiger partial charge in [0.1, 0.15) is 11.9 Å². The summed E-state index contributed by atoms with van der Waals surface area (Å²) in [5.74, 6) is 1.01. The van der Waals surface area contributed by atoms with Gasteiger partial charge in [-0.2, -0.15) is 5.10 Å². The van der Waals surface area contributed by atoms with Gasteiger partial charge in [0.05, 0.1) is 18.7 Å². The molecule has 2 heterocycles. The van der Waals surface area contributed by atoms with Gasteiger partial charge in [0.25, 0.3) is 0 Å². The molecule has 2 aromatic rings. The number of hydrogen-bond donors (Lipinski definition) is 1. The summed E-state index contributed by atoms with van der Waals surface area (Å²) in [6, 6.07) is 9.77. The van der Waals surface area contributed by atoms with E-state index in [1.54, 1.807) is 0 Å². The van der Waals surface area contributed by atoms with Gasteiger partial charge in [-0.25, -0.2) is 0 Å². The molecular weight excluding hydrogens is 278 g/mol. The zero-order valence-corrected chi connectivity index (χ0v) is 13.0. The van der Waals surface area contributed by atoms with Gasteiger partial charge in [-0.3, -0.25) is 9.89 Å². The third-order valence-corrected chi connectivity index (χ3v) is 4.15. The minimum Gasteiger partial charge on any atom is -0.489 e.